The van der Waals surface area contributed by atoms with Gasteiger partial charge in [-0.25, -0.2) is 9.67 Å². The average molecular weight is 244 g/mol. The molecule has 0 aliphatic rings. The highest BCUT2D eigenvalue weighted by molar-refractivity contribution is 5.43. The van der Waals surface area contributed by atoms with Gasteiger partial charge in [0, 0.05) is 6.54 Å². The molecule has 1 heterocycles. The van der Waals surface area contributed by atoms with E-state index in [9.17, 15) is 0 Å². The molecule has 2 rings (SSSR count). The number of hydrogen-bond acceptors (Lipinski definition) is 3. The first kappa shape index (κ1) is 12.8. The summed E-state index contributed by atoms with van der Waals surface area (Å²) in [4.78, 5) is 4.36. The van der Waals surface area contributed by atoms with Crippen LogP contribution in [0.25, 0.3) is 5.69 Å². The van der Waals surface area contributed by atoms with E-state index in [0.717, 1.165) is 30.4 Å². The molecule has 0 aliphatic heterocycles. The van der Waals surface area contributed by atoms with Crippen LogP contribution < -0.4 is 5.32 Å². The molecule has 0 saturated carbocycles. The highest BCUT2D eigenvalue weighted by Gasteiger charge is 2.08. The Hall–Kier alpha value is -1.68. The molecule has 0 radical (unpaired) electrons. The second kappa shape index (κ2) is 5.31. The summed E-state index contributed by atoms with van der Waals surface area (Å²) in [7, 11) is 0. The van der Waals surface area contributed by atoms with E-state index in [1.807, 2.05) is 18.5 Å². The van der Waals surface area contributed by atoms with Crippen molar-refractivity contribution in [2.45, 2.75) is 34.2 Å². The van der Waals surface area contributed by atoms with E-state index in [1.54, 1.807) is 0 Å². The predicted molar refractivity (Wildman–Crippen MR) is 73.0 cm³/mol. The van der Waals surface area contributed by atoms with Crippen LogP contribution in [0.4, 0.5) is 0 Å². The van der Waals surface area contributed by atoms with Crippen LogP contribution in [0.2, 0.25) is 0 Å². The highest BCUT2D eigenvalue weighted by Crippen LogP contribution is 2.17. The van der Waals surface area contributed by atoms with Crippen LogP contribution >= 0.6 is 0 Å². The lowest BCUT2D eigenvalue weighted by molar-refractivity contribution is 0.724. The first-order valence-corrected chi connectivity index (χ1v) is 6.32. The molecule has 0 unspecified atom stereocenters. The zero-order chi connectivity index (χ0) is 13.1. The molecule has 1 aromatic carbocycles. The Labute approximate surface area is 108 Å². The summed E-state index contributed by atoms with van der Waals surface area (Å²) >= 11 is 0. The Morgan fingerprint density at radius 1 is 1.22 bits per heavy atom. The van der Waals surface area contributed by atoms with Crippen molar-refractivity contribution in [2.24, 2.45) is 0 Å². The fourth-order valence-corrected chi connectivity index (χ4v) is 2.01. The molecule has 0 saturated heterocycles. The van der Waals surface area contributed by atoms with Gasteiger partial charge >= 0.3 is 0 Å². The fourth-order valence-electron chi connectivity index (χ4n) is 2.01. The Morgan fingerprint density at radius 2 is 2.00 bits per heavy atom. The Morgan fingerprint density at radius 3 is 2.61 bits per heavy atom. The molecule has 18 heavy (non-hydrogen) atoms. The number of hydrogen-bond donors (Lipinski definition) is 1. The van der Waals surface area contributed by atoms with E-state index in [0.29, 0.717) is 0 Å². The maximum absolute atomic E-state index is 4.45. The van der Waals surface area contributed by atoms with E-state index >= 15 is 0 Å². The third-order valence-electron chi connectivity index (χ3n) is 2.96. The van der Waals surface area contributed by atoms with Gasteiger partial charge in [0.2, 0.25) is 0 Å². The Kier molecular flexibility index (Phi) is 3.77. The molecule has 96 valence electrons. The molecule has 1 N–H and O–H groups in total. The summed E-state index contributed by atoms with van der Waals surface area (Å²) in [5.41, 5.74) is 3.59. The largest absolute Gasteiger partial charge is 0.313 e. The van der Waals surface area contributed by atoms with E-state index in [4.69, 9.17) is 0 Å². The van der Waals surface area contributed by atoms with Crippen LogP contribution in [-0.4, -0.2) is 21.3 Å². The minimum atomic E-state index is 0.809. The van der Waals surface area contributed by atoms with Gasteiger partial charge in [0.15, 0.2) is 0 Å². The topological polar surface area (TPSA) is 42.7 Å². The van der Waals surface area contributed by atoms with Crippen LogP contribution in [-0.2, 0) is 6.54 Å². The molecule has 0 amide bonds. The van der Waals surface area contributed by atoms with Gasteiger partial charge in [0.1, 0.15) is 11.6 Å². The minimum absolute atomic E-state index is 0.809. The van der Waals surface area contributed by atoms with Crippen molar-refractivity contribution < 1.29 is 0 Å². The Balaban J connectivity index is 2.40. The van der Waals surface area contributed by atoms with Crippen molar-refractivity contribution in [2.75, 3.05) is 6.54 Å². The van der Waals surface area contributed by atoms with Crippen LogP contribution in [0.1, 0.15) is 29.7 Å². The van der Waals surface area contributed by atoms with Gasteiger partial charge in [-0.05, 0) is 44.5 Å². The van der Waals surface area contributed by atoms with Gasteiger partial charge in [-0.15, -0.1) is 0 Å². The zero-order valence-electron chi connectivity index (χ0n) is 11.5. The summed E-state index contributed by atoms with van der Waals surface area (Å²) in [5, 5.41) is 7.79. The van der Waals surface area contributed by atoms with E-state index in [1.165, 1.54) is 11.1 Å². The summed E-state index contributed by atoms with van der Waals surface area (Å²) in [6, 6.07) is 6.47. The van der Waals surface area contributed by atoms with Crippen molar-refractivity contribution in [1.29, 1.82) is 0 Å². The van der Waals surface area contributed by atoms with Crippen molar-refractivity contribution >= 4 is 0 Å². The van der Waals surface area contributed by atoms with Gasteiger partial charge in [-0.1, -0.05) is 19.1 Å². The van der Waals surface area contributed by atoms with Crippen molar-refractivity contribution in [3.05, 3.63) is 41.0 Å². The normalized spacial score (nSPS) is 10.9. The van der Waals surface area contributed by atoms with E-state index < -0.39 is 0 Å². The molecule has 0 spiro atoms. The van der Waals surface area contributed by atoms with Crippen molar-refractivity contribution in [3.8, 4) is 5.69 Å². The van der Waals surface area contributed by atoms with E-state index in [2.05, 4.69) is 47.4 Å². The first-order chi connectivity index (χ1) is 8.61. The standard InChI is InChI=1S/C14H20N4/c1-5-15-9-13-7-6-10(2)14(8-13)18-12(4)16-11(3)17-18/h6-8,15H,5,9H2,1-4H3. The highest BCUT2D eigenvalue weighted by atomic mass is 15.3. The van der Waals surface area contributed by atoms with Gasteiger partial charge in [0.25, 0.3) is 0 Å². The molecule has 4 nitrogen and oxygen atoms in total. The summed E-state index contributed by atoms with van der Waals surface area (Å²) in [6.45, 7) is 9.97. The molecule has 4 heteroatoms. The van der Waals surface area contributed by atoms with Crippen LogP contribution in [0, 0.1) is 20.8 Å². The number of aryl methyl sites for hydroxylation is 3. The molecule has 0 aliphatic carbocycles. The van der Waals surface area contributed by atoms with Gasteiger partial charge in [-0.3, -0.25) is 0 Å². The third-order valence-corrected chi connectivity index (χ3v) is 2.96. The lowest BCUT2D eigenvalue weighted by Gasteiger charge is -2.10. The smallest absolute Gasteiger partial charge is 0.148 e. The summed E-state index contributed by atoms with van der Waals surface area (Å²) in [6.07, 6.45) is 0. The number of aromatic nitrogens is 3. The van der Waals surface area contributed by atoms with E-state index in [-0.39, 0.29) is 0 Å². The molecule has 0 atom stereocenters. The number of benzene rings is 1. The number of nitrogens with one attached hydrogen (secondary N) is 1. The average Bonchev–Trinajstić information content (AvgIpc) is 2.67. The van der Waals surface area contributed by atoms with Crippen molar-refractivity contribution in [1.82, 2.24) is 20.1 Å². The number of rotatable bonds is 4. The monoisotopic (exact) mass is 244 g/mol. The minimum Gasteiger partial charge on any atom is -0.313 e. The third kappa shape index (κ3) is 2.59. The lowest BCUT2D eigenvalue weighted by atomic mass is 10.1. The van der Waals surface area contributed by atoms with Crippen molar-refractivity contribution in [3.63, 3.8) is 0 Å². The second-order valence-corrected chi connectivity index (χ2v) is 4.52. The van der Waals surface area contributed by atoms with Gasteiger partial charge in [0.05, 0.1) is 5.69 Å². The molecule has 2 aromatic rings. The first-order valence-electron chi connectivity index (χ1n) is 6.32. The van der Waals surface area contributed by atoms with Crippen LogP contribution in [0.3, 0.4) is 0 Å². The summed E-state index contributed by atoms with van der Waals surface area (Å²) < 4.78 is 1.92. The van der Waals surface area contributed by atoms with Crippen LogP contribution in [0.15, 0.2) is 18.2 Å². The van der Waals surface area contributed by atoms with Gasteiger partial charge in [-0.2, -0.15) is 5.10 Å². The molecular weight excluding hydrogens is 224 g/mol. The maximum atomic E-state index is 4.45. The number of nitrogens with zero attached hydrogens (tertiary/aromatic N) is 3. The maximum Gasteiger partial charge on any atom is 0.148 e. The fraction of sp³-hybridized carbons (Fsp3) is 0.429. The SMILES string of the molecule is CCNCc1ccc(C)c(-n2nc(C)nc2C)c1. The predicted octanol–water partition coefficient (Wildman–Crippen LogP) is 2.30. The molecule has 0 bridgehead atoms. The van der Waals surface area contributed by atoms with Crippen LogP contribution in [0.5, 0.6) is 0 Å². The quantitative estimate of drug-likeness (QED) is 0.897. The second-order valence-electron chi connectivity index (χ2n) is 4.52. The van der Waals surface area contributed by atoms with Gasteiger partial charge < -0.3 is 5.32 Å². The zero-order valence-corrected chi connectivity index (χ0v) is 11.5. The molecular formula is C14H20N4. The molecule has 0 fully saturated rings. The Bertz CT molecular complexity index is 543. The molecule has 1 aromatic heterocycles. The summed E-state index contributed by atoms with van der Waals surface area (Å²) in [5.74, 6) is 1.74. The lowest BCUT2D eigenvalue weighted by Crippen LogP contribution is -2.12.